The third-order valence-corrected chi connectivity index (χ3v) is 6.58. The first-order chi connectivity index (χ1) is 14.8. The van der Waals surface area contributed by atoms with Gasteiger partial charge in [-0.3, -0.25) is 19.3 Å². The highest BCUT2D eigenvalue weighted by atomic mass is 79.9. The van der Waals surface area contributed by atoms with Crippen molar-refractivity contribution in [2.75, 3.05) is 11.5 Å². The molecule has 0 spiro atoms. The van der Waals surface area contributed by atoms with E-state index in [9.17, 15) is 19.2 Å². The van der Waals surface area contributed by atoms with Crippen molar-refractivity contribution in [3.8, 4) is 0 Å². The maximum absolute atomic E-state index is 12.8. The summed E-state index contributed by atoms with van der Waals surface area (Å²) in [6.07, 6.45) is 2.43. The second-order valence-electron chi connectivity index (χ2n) is 8.20. The number of hydrogen-bond donors (Lipinski definition) is 0. The number of imide groups is 1. The minimum atomic E-state index is -0.640. The molecule has 2 aliphatic rings. The Bertz CT molecular complexity index is 1030. The molecule has 6 nitrogen and oxygen atoms in total. The van der Waals surface area contributed by atoms with Crippen LogP contribution in [0.5, 0.6) is 0 Å². The topological polar surface area (TPSA) is 80.8 Å². The zero-order chi connectivity index (χ0) is 22.1. The highest BCUT2D eigenvalue weighted by Crippen LogP contribution is 2.42. The lowest BCUT2D eigenvalue weighted by atomic mass is 9.76. The predicted molar refractivity (Wildman–Crippen MR) is 118 cm³/mol. The number of ether oxygens (including phenoxy) is 1. The minimum absolute atomic E-state index is 0.155. The van der Waals surface area contributed by atoms with Crippen molar-refractivity contribution in [3.05, 3.63) is 64.1 Å². The Morgan fingerprint density at radius 1 is 0.935 bits per heavy atom. The molecular formula is C24H22BrNO5. The van der Waals surface area contributed by atoms with Gasteiger partial charge in [-0.25, -0.2) is 4.79 Å². The summed E-state index contributed by atoms with van der Waals surface area (Å²) in [5.74, 6) is -1.30. The molecule has 0 bridgehead atoms. The molecular weight excluding hydrogens is 462 g/mol. The Balaban J connectivity index is 1.40. The smallest absolute Gasteiger partial charge is 0.338 e. The Morgan fingerprint density at radius 3 is 2.23 bits per heavy atom. The molecule has 0 N–H and O–H groups in total. The Labute approximate surface area is 188 Å². The average Bonchev–Trinajstić information content (AvgIpc) is 3.02. The van der Waals surface area contributed by atoms with Crippen molar-refractivity contribution in [1.82, 2.24) is 0 Å². The minimum Gasteiger partial charge on any atom is -0.454 e. The second-order valence-corrected chi connectivity index (χ2v) is 9.11. The summed E-state index contributed by atoms with van der Waals surface area (Å²) in [4.78, 5) is 51.3. The number of halogens is 1. The number of hydrogen-bond acceptors (Lipinski definition) is 5. The summed E-state index contributed by atoms with van der Waals surface area (Å²) < 4.78 is 5.98. The Hall–Kier alpha value is -2.80. The SMILES string of the molecule is C[C@@H]1CC[C@@H]2C(=O)N(c3ccc(C(=O)OCC(=O)c4ccc(Br)cc4)cc3)C(=O)[C@@H]2C1. The number of amides is 2. The molecule has 2 amide bonds. The van der Waals surface area contributed by atoms with E-state index in [1.165, 1.54) is 17.0 Å². The summed E-state index contributed by atoms with van der Waals surface area (Å²) in [7, 11) is 0. The number of benzene rings is 2. The largest absolute Gasteiger partial charge is 0.454 e. The van der Waals surface area contributed by atoms with E-state index in [0.29, 0.717) is 17.2 Å². The van der Waals surface area contributed by atoms with Gasteiger partial charge in [0.1, 0.15) is 0 Å². The van der Waals surface area contributed by atoms with Gasteiger partial charge < -0.3 is 4.74 Å². The molecule has 0 unspecified atom stereocenters. The lowest BCUT2D eigenvalue weighted by Crippen LogP contribution is -2.30. The highest BCUT2D eigenvalue weighted by Gasteiger charge is 2.49. The van der Waals surface area contributed by atoms with Crippen LogP contribution in [0.2, 0.25) is 0 Å². The first-order valence-electron chi connectivity index (χ1n) is 10.3. The number of rotatable bonds is 5. The van der Waals surface area contributed by atoms with Gasteiger partial charge in [0, 0.05) is 10.0 Å². The van der Waals surface area contributed by atoms with E-state index in [2.05, 4.69) is 22.9 Å². The van der Waals surface area contributed by atoms with Crippen LogP contribution < -0.4 is 4.90 Å². The summed E-state index contributed by atoms with van der Waals surface area (Å²) in [6.45, 7) is 1.74. The number of carbonyl (C=O) groups excluding carboxylic acids is 4. The molecule has 7 heteroatoms. The maximum Gasteiger partial charge on any atom is 0.338 e. The molecule has 0 aromatic heterocycles. The highest BCUT2D eigenvalue weighted by molar-refractivity contribution is 9.10. The van der Waals surface area contributed by atoms with E-state index >= 15 is 0 Å². The van der Waals surface area contributed by atoms with Gasteiger partial charge in [0.15, 0.2) is 12.4 Å². The van der Waals surface area contributed by atoms with Gasteiger partial charge >= 0.3 is 5.97 Å². The molecule has 1 saturated heterocycles. The molecule has 2 aromatic carbocycles. The zero-order valence-corrected chi connectivity index (χ0v) is 18.6. The van der Waals surface area contributed by atoms with Gasteiger partial charge in [0.25, 0.3) is 0 Å². The van der Waals surface area contributed by atoms with Crippen LogP contribution in [0.4, 0.5) is 5.69 Å². The zero-order valence-electron chi connectivity index (χ0n) is 17.0. The summed E-state index contributed by atoms with van der Waals surface area (Å²) >= 11 is 3.30. The first kappa shape index (κ1) is 21.4. The van der Waals surface area contributed by atoms with E-state index in [0.717, 1.165) is 23.7 Å². The van der Waals surface area contributed by atoms with E-state index in [1.807, 2.05) is 0 Å². The van der Waals surface area contributed by atoms with Crippen molar-refractivity contribution in [2.45, 2.75) is 26.2 Å². The molecule has 2 fully saturated rings. The average molecular weight is 484 g/mol. The van der Waals surface area contributed by atoms with Gasteiger partial charge in [0.05, 0.1) is 23.1 Å². The van der Waals surface area contributed by atoms with Gasteiger partial charge in [-0.15, -0.1) is 0 Å². The second kappa shape index (κ2) is 8.75. The molecule has 1 saturated carbocycles. The molecule has 31 heavy (non-hydrogen) atoms. The van der Waals surface area contributed by atoms with Crippen LogP contribution in [-0.2, 0) is 14.3 Å². The fraction of sp³-hybridized carbons (Fsp3) is 0.333. The standard InChI is InChI=1S/C24H22BrNO5/c1-14-2-11-19-20(12-14)23(29)26(22(19)28)18-9-5-16(6-10-18)24(30)31-13-21(27)15-3-7-17(25)8-4-15/h3-10,14,19-20H,2,11-13H2,1H3/t14-,19+,20-/m1/s1. The number of ketones is 1. The maximum atomic E-state index is 12.8. The number of fused-ring (bicyclic) bond motifs is 1. The summed E-state index contributed by atoms with van der Waals surface area (Å²) in [5, 5.41) is 0. The Kier molecular flexibility index (Phi) is 6.05. The lowest BCUT2D eigenvalue weighted by molar-refractivity contribution is -0.122. The summed E-state index contributed by atoms with van der Waals surface area (Å²) in [6, 6.07) is 12.9. The van der Waals surface area contributed by atoms with Crippen molar-refractivity contribution in [3.63, 3.8) is 0 Å². The third-order valence-electron chi connectivity index (χ3n) is 6.05. The molecule has 0 radical (unpaired) electrons. The van der Waals surface area contributed by atoms with Crippen LogP contribution in [0.25, 0.3) is 0 Å². The number of carbonyl (C=O) groups is 4. The number of Topliss-reactive ketones (excluding diaryl/α,β-unsaturated/α-hetero) is 1. The number of nitrogens with zero attached hydrogens (tertiary/aromatic N) is 1. The van der Waals surface area contributed by atoms with Crippen molar-refractivity contribution in [2.24, 2.45) is 17.8 Å². The molecule has 1 heterocycles. The van der Waals surface area contributed by atoms with E-state index in [-0.39, 0.29) is 41.6 Å². The molecule has 4 rings (SSSR count). The molecule has 2 aromatic rings. The van der Waals surface area contributed by atoms with Gasteiger partial charge in [-0.1, -0.05) is 35.0 Å². The van der Waals surface area contributed by atoms with E-state index in [4.69, 9.17) is 4.74 Å². The van der Waals surface area contributed by atoms with Gasteiger partial charge in [-0.05, 0) is 61.6 Å². The third kappa shape index (κ3) is 4.32. The summed E-state index contributed by atoms with van der Waals surface area (Å²) in [5.41, 5.74) is 1.16. The van der Waals surface area contributed by atoms with Crippen LogP contribution in [0.1, 0.15) is 46.9 Å². The first-order valence-corrected chi connectivity index (χ1v) is 11.1. The monoisotopic (exact) mass is 483 g/mol. The van der Waals surface area contributed by atoms with Crippen LogP contribution >= 0.6 is 15.9 Å². The Morgan fingerprint density at radius 2 is 1.55 bits per heavy atom. The van der Waals surface area contributed by atoms with Crippen molar-refractivity contribution >= 4 is 45.2 Å². The fourth-order valence-electron chi connectivity index (χ4n) is 4.32. The number of esters is 1. The van der Waals surface area contributed by atoms with Gasteiger partial charge in [-0.2, -0.15) is 0 Å². The fourth-order valence-corrected chi connectivity index (χ4v) is 4.59. The number of anilines is 1. The van der Waals surface area contributed by atoms with Crippen LogP contribution in [0, 0.1) is 17.8 Å². The lowest BCUT2D eigenvalue weighted by Gasteiger charge is -2.25. The van der Waals surface area contributed by atoms with E-state index in [1.54, 1.807) is 36.4 Å². The quantitative estimate of drug-likeness (QED) is 0.357. The normalized spacial score (nSPS) is 22.9. The molecule has 1 aliphatic heterocycles. The predicted octanol–water partition coefficient (Wildman–Crippen LogP) is 4.41. The van der Waals surface area contributed by atoms with E-state index < -0.39 is 5.97 Å². The van der Waals surface area contributed by atoms with Crippen LogP contribution in [0.3, 0.4) is 0 Å². The molecule has 160 valence electrons. The van der Waals surface area contributed by atoms with Gasteiger partial charge in [0.2, 0.25) is 11.8 Å². The van der Waals surface area contributed by atoms with Crippen molar-refractivity contribution < 1.29 is 23.9 Å². The van der Waals surface area contributed by atoms with Crippen molar-refractivity contribution in [1.29, 1.82) is 0 Å². The van der Waals surface area contributed by atoms with Crippen LogP contribution in [-0.4, -0.2) is 30.2 Å². The molecule has 1 aliphatic carbocycles. The molecule has 3 atom stereocenters. The van der Waals surface area contributed by atoms with Crippen LogP contribution in [0.15, 0.2) is 53.0 Å².